The Bertz CT molecular complexity index is 295. The fraction of sp³-hybridized carbons (Fsp3) is 0.833. The van der Waals surface area contributed by atoms with Crippen LogP contribution in [-0.2, 0) is 14.3 Å². The highest BCUT2D eigenvalue weighted by atomic mass is 32.2. The third-order valence-corrected chi connectivity index (χ3v) is 3.81. The van der Waals surface area contributed by atoms with Crippen LogP contribution in [0.4, 0.5) is 0 Å². The van der Waals surface area contributed by atoms with Gasteiger partial charge in [0, 0.05) is 18.3 Å². The Labute approximate surface area is 112 Å². The van der Waals surface area contributed by atoms with Crippen LogP contribution in [0.2, 0.25) is 0 Å². The van der Waals surface area contributed by atoms with E-state index in [1.54, 1.807) is 6.92 Å². The van der Waals surface area contributed by atoms with Gasteiger partial charge in [0.1, 0.15) is 6.04 Å². The molecule has 0 bridgehead atoms. The van der Waals surface area contributed by atoms with E-state index in [1.165, 1.54) is 11.8 Å². The van der Waals surface area contributed by atoms with Gasteiger partial charge in [0.15, 0.2) is 0 Å². The van der Waals surface area contributed by atoms with Crippen molar-refractivity contribution in [3.8, 4) is 0 Å². The molecule has 1 atom stereocenters. The fourth-order valence-corrected chi connectivity index (χ4v) is 2.55. The summed E-state index contributed by atoms with van der Waals surface area (Å²) < 4.78 is 4.81. The lowest BCUT2D eigenvalue weighted by Gasteiger charge is -2.20. The number of nitrogens with zero attached hydrogens (tertiary/aromatic N) is 1. The van der Waals surface area contributed by atoms with Gasteiger partial charge in [-0.15, -0.1) is 11.8 Å². The van der Waals surface area contributed by atoms with Gasteiger partial charge < -0.3 is 15.4 Å². The van der Waals surface area contributed by atoms with E-state index in [9.17, 15) is 9.59 Å². The van der Waals surface area contributed by atoms with Crippen molar-refractivity contribution in [2.24, 2.45) is 5.73 Å². The summed E-state index contributed by atoms with van der Waals surface area (Å²) in [5, 5.41) is 0. The lowest BCUT2D eigenvalue weighted by Crippen LogP contribution is -2.37. The number of esters is 1. The van der Waals surface area contributed by atoms with Crippen molar-refractivity contribution in [3.63, 3.8) is 0 Å². The van der Waals surface area contributed by atoms with E-state index in [1.807, 2.05) is 11.8 Å². The van der Waals surface area contributed by atoms with Gasteiger partial charge in [-0.2, -0.15) is 0 Å². The third kappa shape index (κ3) is 4.86. The van der Waals surface area contributed by atoms with Crippen molar-refractivity contribution < 1.29 is 14.3 Å². The average molecular weight is 274 g/mol. The van der Waals surface area contributed by atoms with Gasteiger partial charge in [-0.25, -0.2) is 0 Å². The summed E-state index contributed by atoms with van der Waals surface area (Å²) in [4.78, 5) is 25.1. The lowest BCUT2D eigenvalue weighted by molar-refractivity contribution is -0.144. The molecule has 5 nitrogen and oxygen atoms in total. The number of carbonyl (C=O) groups is 2. The lowest BCUT2D eigenvalue weighted by atomic mass is 10.4. The quantitative estimate of drug-likeness (QED) is 0.657. The molecule has 1 fully saturated rings. The first kappa shape index (κ1) is 15.3. The van der Waals surface area contributed by atoms with Crippen LogP contribution < -0.4 is 5.73 Å². The maximum absolute atomic E-state index is 11.9. The monoisotopic (exact) mass is 274 g/mol. The predicted molar refractivity (Wildman–Crippen MR) is 72.3 cm³/mol. The van der Waals surface area contributed by atoms with Gasteiger partial charge in [0.05, 0.1) is 12.4 Å². The molecule has 0 spiro atoms. The fourth-order valence-electron chi connectivity index (χ4n) is 1.70. The first-order valence-corrected chi connectivity index (χ1v) is 7.55. The average Bonchev–Trinajstić information content (AvgIpc) is 3.14. The smallest absolute Gasteiger partial charge is 0.323 e. The Morgan fingerprint density at radius 1 is 1.44 bits per heavy atom. The van der Waals surface area contributed by atoms with Crippen LogP contribution in [0.3, 0.4) is 0 Å². The summed E-state index contributed by atoms with van der Waals surface area (Å²) >= 11 is 1.40. The van der Waals surface area contributed by atoms with E-state index in [4.69, 9.17) is 10.5 Å². The maximum atomic E-state index is 11.9. The Balaban J connectivity index is 2.20. The normalized spacial score (nSPS) is 16.2. The second-order valence-corrected chi connectivity index (χ2v) is 5.31. The van der Waals surface area contributed by atoms with E-state index in [0.717, 1.165) is 19.4 Å². The highest BCUT2D eigenvalue weighted by Crippen LogP contribution is 2.27. The zero-order valence-electron chi connectivity index (χ0n) is 11.1. The zero-order valence-corrected chi connectivity index (χ0v) is 11.9. The Morgan fingerprint density at radius 3 is 2.61 bits per heavy atom. The Morgan fingerprint density at radius 2 is 2.11 bits per heavy atom. The van der Waals surface area contributed by atoms with E-state index in [2.05, 4.69) is 0 Å². The van der Waals surface area contributed by atoms with Gasteiger partial charge >= 0.3 is 5.97 Å². The van der Waals surface area contributed by atoms with Crippen LogP contribution in [-0.4, -0.2) is 53.5 Å². The molecule has 1 amide bonds. The summed E-state index contributed by atoms with van der Waals surface area (Å²) in [6.45, 7) is 4.83. The molecule has 0 heterocycles. The van der Waals surface area contributed by atoms with Crippen LogP contribution in [0, 0.1) is 0 Å². The standard InChI is InChI=1S/C12H22N2O3S/c1-3-14(9-5-6-9)11(15)8-18-7-10(13)12(16)17-4-2/h9-10H,3-8,13H2,1-2H3. The highest BCUT2D eigenvalue weighted by Gasteiger charge is 2.31. The first-order chi connectivity index (χ1) is 8.60. The van der Waals surface area contributed by atoms with Crippen molar-refractivity contribution in [2.75, 3.05) is 24.7 Å². The highest BCUT2D eigenvalue weighted by molar-refractivity contribution is 8.00. The van der Waals surface area contributed by atoms with Crippen molar-refractivity contribution in [1.29, 1.82) is 0 Å². The summed E-state index contributed by atoms with van der Waals surface area (Å²) in [5.41, 5.74) is 5.65. The van der Waals surface area contributed by atoms with Crippen LogP contribution in [0.15, 0.2) is 0 Å². The summed E-state index contributed by atoms with van der Waals surface area (Å²) in [5.74, 6) is 0.553. The van der Waals surface area contributed by atoms with Crippen LogP contribution in [0.5, 0.6) is 0 Å². The number of thioether (sulfide) groups is 1. The minimum Gasteiger partial charge on any atom is -0.465 e. The first-order valence-electron chi connectivity index (χ1n) is 6.39. The minimum atomic E-state index is -0.640. The zero-order chi connectivity index (χ0) is 13.5. The minimum absolute atomic E-state index is 0.140. The second kappa shape index (κ2) is 7.63. The second-order valence-electron chi connectivity index (χ2n) is 4.28. The number of rotatable bonds is 8. The molecule has 6 heteroatoms. The van der Waals surface area contributed by atoms with E-state index in [0.29, 0.717) is 24.2 Å². The number of ether oxygens (including phenoxy) is 1. The van der Waals surface area contributed by atoms with Crippen molar-refractivity contribution >= 4 is 23.6 Å². The maximum Gasteiger partial charge on any atom is 0.323 e. The van der Waals surface area contributed by atoms with E-state index >= 15 is 0 Å². The van der Waals surface area contributed by atoms with Gasteiger partial charge in [0.25, 0.3) is 0 Å². The van der Waals surface area contributed by atoms with Crippen LogP contribution >= 0.6 is 11.8 Å². The molecule has 1 aliphatic carbocycles. The molecule has 18 heavy (non-hydrogen) atoms. The molecule has 1 saturated carbocycles. The number of carbonyl (C=O) groups excluding carboxylic acids is 2. The van der Waals surface area contributed by atoms with Crippen LogP contribution in [0.25, 0.3) is 0 Å². The SMILES string of the molecule is CCOC(=O)C(N)CSCC(=O)N(CC)C1CC1. The summed E-state index contributed by atoms with van der Waals surface area (Å²) in [6.07, 6.45) is 2.24. The molecular formula is C12H22N2O3S. The number of amides is 1. The van der Waals surface area contributed by atoms with Crippen molar-refractivity contribution in [3.05, 3.63) is 0 Å². The van der Waals surface area contributed by atoms with Crippen molar-refractivity contribution in [2.45, 2.75) is 38.8 Å². The number of hydrogen-bond acceptors (Lipinski definition) is 5. The van der Waals surface area contributed by atoms with Gasteiger partial charge in [-0.05, 0) is 26.7 Å². The van der Waals surface area contributed by atoms with Gasteiger partial charge in [-0.3, -0.25) is 9.59 Å². The Hall–Kier alpha value is -0.750. The van der Waals surface area contributed by atoms with E-state index < -0.39 is 12.0 Å². The third-order valence-electron chi connectivity index (χ3n) is 2.76. The molecule has 0 aliphatic heterocycles. The molecule has 0 saturated heterocycles. The summed E-state index contributed by atoms with van der Waals surface area (Å²) in [7, 11) is 0. The van der Waals surface area contributed by atoms with Gasteiger partial charge in [0.2, 0.25) is 5.91 Å². The van der Waals surface area contributed by atoms with Crippen LogP contribution in [0.1, 0.15) is 26.7 Å². The summed E-state index contributed by atoms with van der Waals surface area (Å²) in [6, 6.07) is -0.194. The number of nitrogens with two attached hydrogens (primary N) is 1. The molecule has 2 N–H and O–H groups in total. The largest absolute Gasteiger partial charge is 0.465 e. The molecule has 0 aromatic heterocycles. The molecule has 1 rings (SSSR count). The number of hydrogen-bond donors (Lipinski definition) is 1. The topological polar surface area (TPSA) is 72.6 Å². The van der Waals surface area contributed by atoms with Crippen molar-refractivity contribution in [1.82, 2.24) is 4.90 Å². The molecule has 104 valence electrons. The molecule has 0 aromatic carbocycles. The predicted octanol–water partition coefficient (Wildman–Crippen LogP) is 0.621. The Kier molecular flexibility index (Phi) is 6.49. The molecule has 0 radical (unpaired) electrons. The van der Waals surface area contributed by atoms with Gasteiger partial charge in [-0.1, -0.05) is 0 Å². The molecule has 1 aliphatic rings. The molecular weight excluding hydrogens is 252 g/mol. The van der Waals surface area contributed by atoms with E-state index in [-0.39, 0.29) is 5.91 Å². The molecule has 0 aromatic rings. The molecule has 1 unspecified atom stereocenters.